The molecule has 0 saturated carbocycles. The average Bonchev–Trinajstić information content (AvgIpc) is 3.22. The van der Waals surface area contributed by atoms with E-state index in [1.165, 1.54) is 6.92 Å². The van der Waals surface area contributed by atoms with E-state index >= 15 is 0 Å². The van der Waals surface area contributed by atoms with E-state index in [1.54, 1.807) is 0 Å². The Morgan fingerprint density at radius 1 is 1.16 bits per heavy atom. The van der Waals surface area contributed by atoms with Gasteiger partial charge in [0.2, 0.25) is 0 Å². The molecule has 24 heteroatoms. The third kappa shape index (κ3) is 9.33. The van der Waals surface area contributed by atoms with Gasteiger partial charge in [-0.25, -0.2) is 23.7 Å². The molecule has 1 aromatic rings. The number of carbonyl (C=O) groups excluding carboxylic acids is 1. The summed E-state index contributed by atoms with van der Waals surface area (Å²) in [5.74, 6) is -2.75. The lowest BCUT2D eigenvalue weighted by Gasteiger charge is -2.43. The largest absolute Gasteiger partial charge is 0.862 e. The van der Waals surface area contributed by atoms with Gasteiger partial charge < -0.3 is 59.4 Å². The Labute approximate surface area is 253 Å². The van der Waals surface area contributed by atoms with Crippen molar-refractivity contribution in [2.75, 3.05) is 20.3 Å². The summed E-state index contributed by atoms with van der Waals surface area (Å²) in [5.41, 5.74) is -1.14. The van der Waals surface area contributed by atoms with E-state index in [0.29, 0.717) is 4.57 Å². The zero-order valence-corrected chi connectivity index (χ0v) is 25.4. The molecule has 3 rings (SSSR count). The number of phosphoric ester groups is 2. The maximum absolute atomic E-state index is 12.8. The van der Waals surface area contributed by atoms with E-state index in [0.717, 1.165) is 26.3 Å². The zero-order chi connectivity index (χ0) is 33.9. The van der Waals surface area contributed by atoms with Gasteiger partial charge in [0.05, 0.1) is 20.3 Å². The smallest absolute Gasteiger partial charge is 0.483 e. The van der Waals surface area contributed by atoms with Crippen molar-refractivity contribution in [1.29, 1.82) is 0 Å². The second-order valence-electron chi connectivity index (χ2n) is 9.54. The lowest BCUT2D eigenvalue weighted by atomic mass is 9.97. The van der Waals surface area contributed by atoms with Crippen molar-refractivity contribution in [3.8, 4) is 5.88 Å². The lowest BCUT2D eigenvalue weighted by Crippen LogP contribution is -2.60. The second-order valence-corrected chi connectivity index (χ2v) is 12.5. The minimum Gasteiger partial charge on any atom is -0.862 e. The van der Waals surface area contributed by atoms with Crippen LogP contribution in [0.15, 0.2) is 22.1 Å². The summed E-state index contributed by atoms with van der Waals surface area (Å²) < 4.78 is 60.1. The number of esters is 1. The topological polar surface area (TPSA) is 331 Å². The predicted molar refractivity (Wildman–Crippen MR) is 137 cm³/mol. The van der Waals surface area contributed by atoms with Gasteiger partial charge in [0, 0.05) is 6.20 Å². The first-order valence-electron chi connectivity index (χ1n) is 12.8. The number of phosphoric acid groups is 2. The van der Waals surface area contributed by atoms with Crippen molar-refractivity contribution in [3.63, 3.8) is 0 Å². The third-order valence-corrected chi connectivity index (χ3v) is 8.91. The van der Waals surface area contributed by atoms with Gasteiger partial charge in [-0.15, -0.1) is 0 Å². The highest BCUT2D eigenvalue weighted by Gasteiger charge is 2.51. The summed E-state index contributed by atoms with van der Waals surface area (Å²) in [7, 11) is -10.3. The Morgan fingerprint density at radius 2 is 1.82 bits per heavy atom. The Balaban J connectivity index is 1.73. The van der Waals surface area contributed by atoms with Crippen LogP contribution in [0.1, 0.15) is 20.1 Å². The average molecular weight is 691 g/mol. The molecule has 12 atom stereocenters. The molecular formula is C21H31N3O19P2-2. The van der Waals surface area contributed by atoms with Crippen molar-refractivity contribution >= 4 is 27.5 Å². The van der Waals surface area contributed by atoms with Gasteiger partial charge in [0.25, 0.3) is 0 Å². The molecule has 2 aliphatic heterocycles. The number of aliphatic imine (C=N–C) groups is 1. The lowest BCUT2D eigenvalue weighted by molar-refractivity contribution is -0.275. The molecule has 2 saturated heterocycles. The summed E-state index contributed by atoms with van der Waals surface area (Å²) >= 11 is 0. The number of aromatic nitrogens is 2. The fourth-order valence-corrected chi connectivity index (χ4v) is 6.42. The standard InChI is InChI=1S/C21H33N3O19P2/c1-8(19(31)37-3)39-17-13(22-9(2)26)20(41-10(6-25)15(17)29)42-45(35,36)43-44(33,34)38-7-11-14(28)16(30)18(40-11)24-5-4-12(27)23-21(24)32/h4-5,8,10-11,13-18,20,25,28-30H,6-7H2,1-3H3,(H,22,26)(H,33,34)(H,35,36)(H,23,27,32)/p-2/t8-,10-,11-,13-,14-,15-,16-,17-,18-,20-/m1/s1. The van der Waals surface area contributed by atoms with Crippen molar-refractivity contribution in [3.05, 3.63) is 22.7 Å². The number of aliphatic hydroxyl groups is 4. The van der Waals surface area contributed by atoms with Crippen LogP contribution in [-0.2, 0) is 46.2 Å². The molecule has 0 spiro atoms. The summed E-state index contributed by atoms with van der Waals surface area (Å²) in [4.78, 5) is 50.9. The van der Waals surface area contributed by atoms with Gasteiger partial charge in [-0.1, -0.05) is 0 Å². The highest BCUT2D eigenvalue weighted by atomic mass is 31.3. The molecule has 6 N–H and O–H groups in total. The van der Waals surface area contributed by atoms with E-state index in [1.807, 2.05) is 0 Å². The Bertz CT molecular complexity index is 1370. The molecule has 0 aliphatic carbocycles. The van der Waals surface area contributed by atoms with Crippen LogP contribution >= 0.6 is 15.6 Å². The number of methoxy groups -OCH3 is 1. The van der Waals surface area contributed by atoms with Gasteiger partial charge in [-0.05, 0) is 31.7 Å². The van der Waals surface area contributed by atoms with Gasteiger partial charge in [-0.3, -0.25) is 18.6 Å². The van der Waals surface area contributed by atoms with Crippen molar-refractivity contribution in [1.82, 2.24) is 9.55 Å². The zero-order valence-electron chi connectivity index (χ0n) is 23.6. The van der Waals surface area contributed by atoms with E-state index in [2.05, 4.69) is 23.5 Å². The minimum absolute atomic E-state index is 0.659. The normalized spacial score (nSPS) is 34.1. The van der Waals surface area contributed by atoms with Crippen molar-refractivity contribution in [2.45, 2.75) is 75.1 Å². The SMILES string of the molecule is COC(=O)[C@@H](C)O[C@H]1[C@H](O)[C@@H](CO)O[C@H](OP(=O)(O)OP(=O)(O)OC[C@H]2O[C@@H](n3ccc([O-])nc3=O)[C@H](O)[C@@H]2O)[C@@H]1N=C(C)[O-]. The molecule has 0 radical (unpaired) electrons. The summed E-state index contributed by atoms with van der Waals surface area (Å²) in [6, 6.07) is -0.950. The fraction of sp³-hybridized carbons (Fsp3) is 0.714. The van der Waals surface area contributed by atoms with Gasteiger partial charge in [0.15, 0.2) is 18.6 Å². The fourth-order valence-electron chi connectivity index (χ4n) is 4.26. The van der Waals surface area contributed by atoms with Gasteiger partial charge in [-0.2, -0.15) is 4.31 Å². The first-order chi connectivity index (χ1) is 20.9. The Morgan fingerprint density at radius 3 is 2.40 bits per heavy atom. The second kappa shape index (κ2) is 15.0. The number of hydrogen-bond acceptors (Lipinski definition) is 19. The number of rotatable bonds is 13. The summed E-state index contributed by atoms with van der Waals surface area (Å²) in [6.45, 7) is 0.122. The molecule has 0 amide bonds. The molecule has 22 nitrogen and oxygen atoms in total. The minimum atomic E-state index is -5.75. The molecule has 3 heterocycles. The van der Waals surface area contributed by atoms with Crippen LogP contribution in [0.5, 0.6) is 5.88 Å². The summed E-state index contributed by atoms with van der Waals surface area (Å²) in [5, 5.41) is 63.8. The van der Waals surface area contributed by atoms with E-state index in [4.69, 9.17) is 18.7 Å². The Hall–Kier alpha value is -2.40. The molecule has 0 aromatic carbocycles. The first-order valence-corrected chi connectivity index (χ1v) is 15.8. The van der Waals surface area contributed by atoms with E-state index in [-0.39, 0.29) is 0 Å². The Kier molecular flexibility index (Phi) is 12.4. The predicted octanol–water partition coefficient (Wildman–Crippen LogP) is -4.64. The van der Waals surface area contributed by atoms with Crippen LogP contribution in [-0.4, -0.2) is 127 Å². The number of nitrogens with zero attached hydrogens (tertiary/aromatic N) is 3. The number of hydrogen-bond donors (Lipinski definition) is 6. The highest BCUT2D eigenvalue weighted by Crippen LogP contribution is 2.61. The molecule has 2 aliphatic rings. The summed E-state index contributed by atoms with van der Waals surface area (Å²) in [6.07, 6.45) is -14.7. The van der Waals surface area contributed by atoms with Crippen molar-refractivity contribution < 1.29 is 86.7 Å². The molecule has 2 fully saturated rings. The van der Waals surface area contributed by atoms with Crippen LogP contribution in [0.4, 0.5) is 0 Å². The van der Waals surface area contributed by atoms with Crippen LogP contribution in [0.25, 0.3) is 0 Å². The highest BCUT2D eigenvalue weighted by molar-refractivity contribution is 7.61. The monoisotopic (exact) mass is 691 g/mol. The van der Waals surface area contributed by atoms with Crippen LogP contribution < -0.4 is 15.9 Å². The number of ether oxygens (including phenoxy) is 4. The third-order valence-electron chi connectivity index (χ3n) is 6.31. The van der Waals surface area contributed by atoms with Crippen LogP contribution in [0, 0.1) is 0 Å². The molecule has 2 unspecified atom stereocenters. The molecule has 45 heavy (non-hydrogen) atoms. The maximum atomic E-state index is 12.8. The quantitative estimate of drug-likeness (QED) is 0.0490. The molecule has 256 valence electrons. The van der Waals surface area contributed by atoms with Crippen LogP contribution in [0.2, 0.25) is 0 Å². The number of aliphatic hydroxyl groups excluding tert-OH is 4. The first kappa shape index (κ1) is 37.1. The molecule has 1 aromatic heterocycles. The van der Waals surface area contributed by atoms with Gasteiger partial charge in [0.1, 0.15) is 42.7 Å². The van der Waals surface area contributed by atoms with Crippen LogP contribution in [0.3, 0.4) is 0 Å². The van der Waals surface area contributed by atoms with Gasteiger partial charge >= 0.3 is 27.3 Å². The molecule has 0 bridgehead atoms. The molecular weight excluding hydrogens is 660 g/mol. The number of carbonyl (C=O) groups is 1. The van der Waals surface area contributed by atoms with Crippen molar-refractivity contribution in [2.24, 2.45) is 4.99 Å². The maximum Gasteiger partial charge on any atom is 0.483 e. The van der Waals surface area contributed by atoms with E-state index < -0.39 is 114 Å². The van der Waals surface area contributed by atoms with E-state index in [9.17, 15) is 59.1 Å².